The topological polar surface area (TPSA) is 52.6 Å². The summed E-state index contributed by atoms with van der Waals surface area (Å²) < 4.78 is 0. The predicted octanol–water partition coefficient (Wildman–Crippen LogP) is 1.44. The lowest BCUT2D eigenvalue weighted by atomic mass is 9.91. The summed E-state index contributed by atoms with van der Waals surface area (Å²) in [7, 11) is 0. The fourth-order valence-corrected chi connectivity index (χ4v) is 0.354. The molecule has 0 amide bonds. The minimum Gasteiger partial charge on any atom is -0.248 e. The predicted molar refractivity (Wildman–Crippen MR) is 41.9 cm³/mol. The van der Waals surface area contributed by atoms with Gasteiger partial charge in [0.1, 0.15) is 0 Å². The average molecular weight is 174 g/mol. The van der Waals surface area contributed by atoms with Gasteiger partial charge in [0.15, 0.2) is 0 Å². The molecule has 4 nitrogen and oxygen atoms in total. The molecule has 0 N–H and O–H groups in total. The first-order chi connectivity index (χ1) is 5.40. The molecule has 0 aliphatic heterocycles. The molecule has 0 fully saturated rings. The van der Waals surface area contributed by atoms with Crippen LogP contribution in [0.5, 0.6) is 0 Å². The molecule has 0 bridgehead atoms. The number of rotatable bonds is 2. The third kappa shape index (κ3) is 3.37. The van der Waals surface area contributed by atoms with E-state index >= 15 is 0 Å². The van der Waals surface area contributed by atoms with Gasteiger partial charge >= 0.3 is 11.9 Å². The van der Waals surface area contributed by atoms with Crippen LogP contribution in [0, 0.1) is 5.41 Å². The highest BCUT2D eigenvalue weighted by Crippen LogP contribution is 2.21. The highest BCUT2D eigenvalue weighted by Gasteiger charge is 2.28. The zero-order valence-corrected chi connectivity index (χ0v) is 7.84. The smallest absolute Gasteiger partial charge is 0.248 e. The maximum atomic E-state index is 11.1. The summed E-state index contributed by atoms with van der Waals surface area (Å²) in [6.45, 7) is 6.47. The molecule has 0 radical (unpaired) electrons. The van der Waals surface area contributed by atoms with Crippen molar-refractivity contribution < 1.29 is 19.4 Å². The van der Waals surface area contributed by atoms with Gasteiger partial charge in [-0.1, -0.05) is 6.92 Å². The SMILES string of the molecule is CCC(C)(C)C(=O)OOC(C)=O. The first kappa shape index (κ1) is 10.9. The molecule has 0 aromatic carbocycles. The lowest BCUT2D eigenvalue weighted by molar-refractivity contribution is -0.264. The monoisotopic (exact) mass is 174 g/mol. The summed E-state index contributed by atoms with van der Waals surface area (Å²) in [5, 5.41) is 0. The summed E-state index contributed by atoms with van der Waals surface area (Å²) in [6, 6.07) is 0. The number of carbonyl (C=O) groups is 2. The Bertz CT molecular complexity index is 183. The largest absolute Gasteiger partial charge is 0.361 e. The molecule has 0 aliphatic rings. The van der Waals surface area contributed by atoms with Gasteiger partial charge in [0.05, 0.1) is 5.41 Å². The maximum absolute atomic E-state index is 11.1. The number of carbonyl (C=O) groups excluding carboxylic acids is 2. The fraction of sp³-hybridized carbons (Fsp3) is 0.750. The van der Waals surface area contributed by atoms with Crippen molar-refractivity contribution in [2.24, 2.45) is 5.41 Å². The molecule has 0 saturated heterocycles. The van der Waals surface area contributed by atoms with E-state index in [4.69, 9.17) is 0 Å². The molecule has 0 rings (SSSR count). The van der Waals surface area contributed by atoms with E-state index in [0.29, 0.717) is 6.42 Å². The van der Waals surface area contributed by atoms with Crippen LogP contribution in [-0.4, -0.2) is 11.9 Å². The van der Waals surface area contributed by atoms with Gasteiger partial charge in [0.25, 0.3) is 0 Å². The average Bonchev–Trinajstić information content (AvgIpc) is 2.00. The molecule has 0 saturated carbocycles. The zero-order chi connectivity index (χ0) is 9.78. The van der Waals surface area contributed by atoms with Crippen LogP contribution in [0.4, 0.5) is 0 Å². The van der Waals surface area contributed by atoms with E-state index in [1.165, 1.54) is 6.92 Å². The first-order valence-electron chi connectivity index (χ1n) is 3.79. The molecular formula is C8H14O4. The Morgan fingerprint density at radius 3 is 2.08 bits per heavy atom. The van der Waals surface area contributed by atoms with Crippen molar-refractivity contribution in [1.29, 1.82) is 0 Å². The van der Waals surface area contributed by atoms with E-state index in [2.05, 4.69) is 9.78 Å². The molecule has 0 atom stereocenters. The van der Waals surface area contributed by atoms with Crippen LogP contribution in [0.1, 0.15) is 34.1 Å². The molecule has 0 aromatic rings. The molecule has 4 heteroatoms. The van der Waals surface area contributed by atoms with Crippen molar-refractivity contribution in [2.45, 2.75) is 34.1 Å². The van der Waals surface area contributed by atoms with Crippen molar-refractivity contribution in [2.75, 3.05) is 0 Å². The van der Waals surface area contributed by atoms with E-state index in [0.717, 1.165) is 0 Å². The van der Waals surface area contributed by atoms with E-state index in [-0.39, 0.29) is 0 Å². The van der Waals surface area contributed by atoms with E-state index < -0.39 is 17.4 Å². The molecule has 0 unspecified atom stereocenters. The van der Waals surface area contributed by atoms with Crippen LogP contribution in [0.25, 0.3) is 0 Å². The Morgan fingerprint density at radius 2 is 1.75 bits per heavy atom. The second kappa shape index (κ2) is 4.09. The quantitative estimate of drug-likeness (QED) is 0.469. The molecule has 0 spiro atoms. The Morgan fingerprint density at radius 1 is 1.25 bits per heavy atom. The van der Waals surface area contributed by atoms with E-state index in [1.54, 1.807) is 13.8 Å². The molecule has 0 aromatic heterocycles. The third-order valence-electron chi connectivity index (χ3n) is 1.67. The lowest BCUT2D eigenvalue weighted by Crippen LogP contribution is -2.26. The fourth-order valence-electron chi connectivity index (χ4n) is 0.354. The second-order valence-corrected chi connectivity index (χ2v) is 3.18. The van der Waals surface area contributed by atoms with Crippen LogP contribution < -0.4 is 0 Å². The highest BCUT2D eigenvalue weighted by molar-refractivity contribution is 5.76. The second-order valence-electron chi connectivity index (χ2n) is 3.18. The van der Waals surface area contributed by atoms with E-state index in [9.17, 15) is 9.59 Å². The van der Waals surface area contributed by atoms with Crippen molar-refractivity contribution >= 4 is 11.9 Å². The van der Waals surface area contributed by atoms with Gasteiger partial charge < -0.3 is 0 Å². The van der Waals surface area contributed by atoms with Gasteiger partial charge in [-0.3, -0.25) is 0 Å². The first-order valence-corrected chi connectivity index (χ1v) is 3.79. The standard InChI is InChI=1S/C8H14O4/c1-5-8(3,4)7(10)12-11-6(2)9/h5H2,1-4H3. The van der Waals surface area contributed by atoms with Crippen LogP contribution in [-0.2, 0) is 19.4 Å². The van der Waals surface area contributed by atoms with Gasteiger partial charge in [-0.25, -0.2) is 19.4 Å². The van der Waals surface area contributed by atoms with Crippen molar-refractivity contribution in [3.63, 3.8) is 0 Å². The van der Waals surface area contributed by atoms with Gasteiger partial charge in [-0.2, -0.15) is 0 Å². The molecular weight excluding hydrogens is 160 g/mol. The van der Waals surface area contributed by atoms with Gasteiger partial charge in [-0.05, 0) is 20.3 Å². The molecule has 0 aliphatic carbocycles. The number of hydrogen-bond donors (Lipinski definition) is 0. The zero-order valence-electron chi connectivity index (χ0n) is 7.84. The molecule has 12 heavy (non-hydrogen) atoms. The minimum atomic E-state index is -0.629. The van der Waals surface area contributed by atoms with Gasteiger partial charge in [0, 0.05) is 6.92 Å². The van der Waals surface area contributed by atoms with Crippen molar-refractivity contribution in [3.05, 3.63) is 0 Å². The highest BCUT2D eigenvalue weighted by atomic mass is 17.2. The molecule has 70 valence electrons. The Balaban J connectivity index is 3.96. The summed E-state index contributed by atoms with van der Waals surface area (Å²) >= 11 is 0. The van der Waals surface area contributed by atoms with Crippen molar-refractivity contribution in [3.8, 4) is 0 Å². The van der Waals surface area contributed by atoms with Gasteiger partial charge in [0.2, 0.25) is 0 Å². The third-order valence-corrected chi connectivity index (χ3v) is 1.67. The Hall–Kier alpha value is -1.06. The van der Waals surface area contributed by atoms with E-state index in [1.807, 2.05) is 6.92 Å². The van der Waals surface area contributed by atoms with Crippen LogP contribution in [0.3, 0.4) is 0 Å². The summed E-state index contributed by atoms with van der Waals surface area (Å²) in [5.41, 5.74) is -0.602. The van der Waals surface area contributed by atoms with Crippen LogP contribution >= 0.6 is 0 Å². The minimum absolute atomic E-state index is 0.528. The van der Waals surface area contributed by atoms with Crippen LogP contribution in [0.15, 0.2) is 0 Å². The molecule has 0 heterocycles. The normalized spacial score (nSPS) is 10.7. The summed E-state index contributed by atoms with van der Waals surface area (Å²) in [4.78, 5) is 29.7. The lowest BCUT2D eigenvalue weighted by Gasteiger charge is -2.17. The van der Waals surface area contributed by atoms with Crippen LogP contribution in [0.2, 0.25) is 0 Å². The Kier molecular flexibility index (Phi) is 3.73. The van der Waals surface area contributed by atoms with Gasteiger partial charge in [-0.15, -0.1) is 0 Å². The maximum Gasteiger partial charge on any atom is 0.361 e. The number of hydrogen-bond acceptors (Lipinski definition) is 4. The summed E-state index contributed by atoms with van der Waals surface area (Å²) in [5.74, 6) is -1.16. The summed E-state index contributed by atoms with van der Waals surface area (Å²) in [6.07, 6.45) is 0.632. The Labute approximate surface area is 71.8 Å². The van der Waals surface area contributed by atoms with Crippen molar-refractivity contribution in [1.82, 2.24) is 0 Å².